The highest BCUT2D eigenvalue weighted by Gasteiger charge is 2.19. The third-order valence-corrected chi connectivity index (χ3v) is 5.26. The minimum absolute atomic E-state index is 0.0481. The maximum Gasteiger partial charge on any atom is 0.234 e. The molecule has 1 heterocycles. The summed E-state index contributed by atoms with van der Waals surface area (Å²) in [6, 6.07) is 14.4. The Labute approximate surface area is 173 Å². The maximum atomic E-state index is 12.3. The van der Waals surface area contributed by atoms with Crippen LogP contribution in [0.2, 0.25) is 0 Å². The van der Waals surface area contributed by atoms with E-state index in [9.17, 15) is 4.79 Å². The Kier molecular flexibility index (Phi) is 7.49. The van der Waals surface area contributed by atoms with Crippen molar-refractivity contribution in [2.45, 2.75) is 20.0 Å². The number of carbonyl (C=O) groups excluding carboxylic acids is 1. The van der Waals surface area contributed by atoms with Crippen molar-refractivity contribution in [3.63, 3.8) is 0 Å². The second kappa shape index (κ2) is 10.3. The number of rotatable bonds is 8. The zero-order chi connectivity index (χ0) is 20.6. The summed E-state index contributed by atoms with van der Waals surface area (Å²) in [6.45, 7) is 7.81. The summed E-state index contributed by atoms with van der Waals surface area (Å²) in [5.74, 6) is 1.40. The normalized spacial score (nSPS) is 15.1. The van der Waals surface area contributed by atoms with Crippen LogP contribution in [0.15, 0.2) is 42.5 Å². The van der Waals surface area contributed by atoms with E-state index in [2.05, 4.69) is 46.3 Å². The second-order valence-corrected chi connectivity index (χ2v) is 7.51. The van der Waals surface area contributed by atoms with Gasteiger partial charge in [0.1, 0.15) is 0 Å². The minimum Gasteiger partial charge on any atom is -0.493 e. The van der Waals surface area contributed by atoms with E-state index in [0.29, 0.717) is 24.6 Å². The van der Waals surface area contributed by atoms with Crippen LogP contribution in [0, 0.1) is 6.92 Å². The molecule has 2 aromatic rings. The molecular formula is C23H31N3O3. The number of hydrogen-bond acceptors (Lipinski definition) is 5. The van der Waals surface area contributed by atoms with Gasteiger partial charge in [-0.1, -0.05) is 35.9 Å². The van der Waals surface area contributed by atoms with Crippen LogP contribution in [0.3, 0.4) is 0 Å². The van der Waals surface area contributed by atoms with Crippen molar-refractivity contribution in [3.05, 3.63) is 59.2 Å². The topological polar surface area (TPSA) is 54.0 Å². The first-order chi connectivity index (χ1) is 14.1. The summed E-state index contributed by atoms with van der Waals surface area (Å²) >= 11 is 0. The molecule has 0 spiro atoms. The molecule has 0 bridgehead atoms. The van der Waals surface area contributed by atoms with Crippen LogP contribution in [0.25, 0.3) is 0 Å². The smallest absolute Gasteiger partial charge is 0.234 e. The summed E-state index contributed by atoms with van der Waals surface area (Å²) in [6.07, 6.45) is 0. The number of nitrogens with one attached hydrogen (secondary N) is 1. The molecule has 1 N–H and O–H groups in total. The lowest BCUT2D eigenvalue weighted by Gasteiger charge is -2.34. The fourth-order valence-electron chi connectivity index (χ4n) is 3.62. The van der Waals surface area contributed by atoms with Crippen molar-refractivity contribution in [3.8, 4) is 11.5 Å². The molecule has 6 nitrogen and oxygen atoms in total. The van der Waals surface area contributed by atoms with Gasteiger partial charge in [0, 0.05) is 39.3 Å². The number of aryl methyl sites for hydroxylation is 1. The molecule has 0 radical (unpaired) electrons. The minimum atomic E-state index is 0.0481. The fraction of sp³-hybridized carbons (Fsp3) is 0.435. The molecule has 3 rings (SSSR count). The largest absolute Gasteiger partial charge is 0.493 e. The van der Waals surface area contributed by atoms with Crippen LogP contribution in [0.4, 0.5) is 0 Å². The average Bonchev–Trinajstić information content (AvgIpc) is 2.73. The lowest BCUT2D eigenvalue weighted by atomic mass is 10.1. The van der Waals surface area contributed by atoms with E-state index < -0.39 is 0 Å². The van der Waals surface area contributed by atoms with E-state index in [0.717, 1.165) is 38.3 Å². The summed E-state index contributed by atoms with van der Waals surface area (Å²) in [7, 11) is 3.22. The highest BCUT2D eigenvalue weighted by Crippen LogP contribution is 2.27. The lowest BCUT2D eigenvalue weighted by Crippen LogP contribution is -2.49. The highest BCUT2D eigenvalue weighted by atomic mass is 16.5. The maximum absolute atomic E-state index is 12.3. The standard InChI is InChI=1S/C23H31N3O3/c1-18-5-4-6-20(13-18)16-25-9-11-26(12-10-25)17-23(27)24-15-19-7-8-21(28-2)22(14-19)29-3/h4-8,13-14H,9-12,15-17H2,1-3H3,(H,24,27). The van der Waals surface area contributed by atoms with Crippen LogP contribution >= 0.6 is 0 Å². The zero-order valence-electron chi connectivity index (χ0n) is 17.6. The molecule has 0 saturated carbocycles. The van der Waals surface area contributed by atoms with Gasteiger partial charge in [0.2, 0.25) is 5.91 Å². The number of benzene rings is 2. The number of ether oxygens (including phenoxy) is 2. The summed E-state index contributed by atoms with van der Waals surface area (Å²) in [5, 5.41) is 3.00. The predicted molar refractivity (Wildman–Crippen MR) is 114 cm³/mol. The monoisotopic (exact) mass is 397 g/mol. The molecule has 1 aliphatic heterocycles. The molecular weight excluding hydrogens is 366 g/mol. The lowest BCUT2D eigenvalue weighted by molar-refractivity contribution is -0.122. The molecule has 6 heteroatoms. The molecule has 1 saturated heterocycles. The number of methoxy groups -OCH3 is 2. The van der Waals surface area contributed by atoms with Crippen LogP contribution in [0.1, 0.15) is 16.7 Å². The van der Waals surface area contributed by atoms with E-state index in [-0.39, 0.29) is 5.91 Å². The predicted octanol–water partition coefficient (Wildman–Crippen LogP) is 2.45. The Bertz CT molecular complexity index is 817. The van der Waals surface area contributed by atoms with Gasteiger partial charge in [0.25, 0.3) is 0 Å². The summed E-state index contributed by atoms with van der Waals surface area (Å²) in [4.78, 5) is 17.0. The van der Waals surface area contributed by atoms with Crippen LogP contribution in [-0.4, -0.2) is 62.7 Å². The third-order valence-electron chi connectivity index (χ3n) is 5.26. The Morgan fingerprint density at radius 1 is 0.931 bits per heavy atom. The third kappa shape index (κ3) is 6.21. The van der Waals surface area contributed by atoms with Crippen molar-refractivity contribution in [1.29, 1.82) is 0 Å². The first-order valence-corrected chi connectivity index (χ1v) is 10.0. The van der Waals surface area contributed by atoms with Crippen molar-refractivity contribution in [1.82, 2.24) is 15.1 Å². The van der Waals surface area contributed by atoms with Gasteiger partial charge in [0.15, 0.2) is 11.5 Å². The van der Waals surface area contributed by atoms with Gasteiger partial charge < -0.3 is 14.8 Å². The Morgan fingerprint density at radius 3 is 2.34 bits per heavy atom. The van der Waals surface area contributed by atoms with Gasteiger partial charge in [-0.2, -0.15) is 0 Å². The first-order valence-electron chi connectivity index (χ1n) is 10.0. The molecule has 0 atom stereocenters. The van der Waals surface area contributed by atoms with E-state index >= 15 is 0 Å². The van der Waals surface area contributed by atoms with Gasteiger partial charge in [-0.15, -0.1) is 0 Å². The van der Waals surface area contributed by atoms with Crippen LogP contribution in [-0.2, 0) is 17.9 Å². The van der Waals surface area contributed by atoms with Crippen molar-refractivity contribution < 1.29 is 14.3 Å². The van der Waals surface area contributed by atoms with Gasteiger partial charge in [-0.25, -0.2) is 0 Å². The number of amides is 1. The Balaban J connectivity index is 1.40. The highest BCUT2D eigenvalue weighted by molar-refractivity contribution is 5.78. The molecule has 1 fully saturated rings. The van der Waals surface area contributed by atoms with Gasteiger partial charge >= 0.3 is 0 Å². The van der Waals surface area contributed by atoms with Crippen LogP contribution in [0.5, 0.6) is 11.5 Å². The summed E-state index contributed by atoms with van der Waals surface area (Å²) < 4.78 is 10.6. The molecule has 0 aromatic heterocycles. The zero-order valence-corrected chi connectivity index (χ0v) is 17.6. The summed E-state index contributed by atoms with van der Waals surface area (Å²) in [5.41, 5.74) is 3.64. The van der Waals surface area contributed by atoms with E-state index in [1.54, 1.807) is 14.2 Å². The van der Waals surface area contributed by atoms with E-state index in [1.807, 2.05) is 18.2 Å². The average molecular weight is 398 g/mol. The quantitative estimate of drug-likeness (QED) is 0.742. The van der Waals surface area contributed by atoms with Crippen molar-refractivity contribution in [2.75, 3.05) is 46.9 Å². The van der Waals surface area contributed by atoms with Gasteiger partial charge in [0.05, 0.1) is 20.8 Å². The molecule has 156 valence electrons. The molecule has 29 heavy (non-hydrogen) atoms. The number of nitrogens with zero attached hydrogens (tertiary/aromatic N) is 2. The van der Waals surface area contributed by atoms with Gasteiger partial charge in [-0.05, 0) is 30.2 Å². The molecule has 1 aliphatic rings. The molecule has 2 aromatic carbocycles. The van der Waals surface area contributed by atoms with Gasteiger partial charge in [-0.3, -0.25) is 14.6 Å². The van der Waals surface area contributed by atoms with E-state index in [1.165, 1.54) is 11.1 Å². The second-order valence-electron chi connectivity index (χ2n) is 7.51. The SMILES string of the molecule is COc1ccc(CNC(=O)CN2CCN(Cc3cccc(C)c3)CC2)cc1OC. The van der Waals surface area contributed by atoms with E-state index in [4.69, 9.17) is 9.47 Å². The Hall–Kier alpha value is -2.57. The Morgan fingerprint density at radius 2 is 1.66 bits per heavy atom. The van der Waals surface area contributed by atoms with Crippen molar-refractivity contribution >= 4 is 5.91 Å². The molecule has 1 amide bonds. The first kappa shape index (κ1) is 21.1. The number of carbonyl (C=O) groups is 1. The number of piperazine rings is 1. The number of hydrogen-bond donors (Lipinski definition) is 1. The molecule has 0 aliphatic carbocycles. The van der Waals surface area contributed by atoms with Crippen molar-refractivity contribution in [2.24, 2.45) is 0 Å². The molecule has 0 unspecified atom stereocenters. The fourth-order valence-corrected chi connectivity index (χ4v) is 3.62. The van der Waals surface area contributed by atoms with Crippen LogP contribution < -0.4 is 14.8 Å².